The quantitative estimate of drug-likeness (QED) is 0.635. The molecule has 2 heterocycles. The number of carbonyl (C=O) groups excluding carboxylic acids is 2. The monoisotopic (exact) mass is 407 g/mol. The first-order valence-corrected chi connectivity index (χ1v) is 9.82. The summed E-state index contributed by atoms with van der Waals surface area (Å²) in [7, 11) is 0. The smallest absolute Gasteiger partial charge is 0.291 e. The molecule has 1 aromatic heterocycles. The van der Waals surface area contributed by atoms with Gasteiger partial charge < -0.3 is 20.0 Å². The molecule has 154 valence electrons. The number of aryl methyl sites for hydroxylation is 1. The molecule has 0 radical (unpaired) electrons. The lowest BCUT2D eigenvalue weighted by atomic mass is 10.1. The number of carbonyl (C=O) groups is 2. The van der Waals surface area contributed by atoms with Crippen molar-refractivity contribution in [3.63, 3.8) is 0 Å². The van der Waals surface area contributed by atoms with Gasteiger partial charge in [0.1, 0.15) is 5.82 Å². The van der Waals surface area contributed by atoms with Crippen LogP contribution < -0.4 is 15.5 Å². The Bertz CT molecular complexity index is 1070. The summed E-state index contributed by atoms with van der Waals surface area (Å²) >= 11 is 0. The van der Waals surface area contributed by atoms with Gasteiger partial charge in [0.15, 0.2) is 5.76 Å². The van der Waals surface area contributed by atoms with Crippen LogP contribution in [0.3, 0.4) is 0 Å². The number of benzene rings is 2. The van der Waals surface area contributed by atoms with Gasteiger partial charge in [-0.1, -0.05) is 6.07 Å². The summed E-state index contributed by atoms with van der Waals surface area (Å²) in [6.07, 6.45) is 3.57. The first kappa shape index (κ1) is 19.7. The predicted molar refractivity (Wildman–Crippen MR) is 114 cm³/mol. The van der Waals surface area contributed by atoms with Crippen LogP contribution in [-0.4, -0.2) is 24.9 Å². The molecule has 30 heavy (non-hydrogen) atoms. The average Bonchev–Trinajstić information content (AvgIpc) is 3.43. The van der Waals surface area contributed by atoms with Crippen molar-refractivity contribution in [2.24, 2.45) is 0 Å². The highest BCUT2D eigenvalue weighted by Crippen LogP contribution is 2.26. The SMILES string of the molecule is Cc1ccc(C(=O)Nc2cc(F)cc(N3CCCC3)c2)cc1NC(=O)c1ccco1. The summed E-state index contributed by atoms with van der Waals surface area (Å²) in [5.41, 5.74) is 2.80. The van der Waals surface area contributed by atoms with Gasteiger partial charge in [-0.3, -0.25) is 9.59 Å². The summed E-state index contributed by atoms with van der Waals surface area (Å²) < 4.78 is 19.2. The third kappa shape index (κ3) is 4.35. The summed E-state index contributed by atoms with van der Waals surface area (Å²) in [4.78, 5) is 27.1. The fourth-order valence-electron chi connectivity index (χ4n) is 3.50. The van der Waals surface area contributed by atoms with Crippen molar-refractivity contribution in [2.45, 2.75) is 19.8 Å². The summed E-state index contributed by atoms with van der Waals surface area (Å²) in [5.74, 6) is -1.01. The molecule has 2 amide bonds. The third-order valence-corrected chi connectivity index (χ3v) is 5.10. The molecule has 0 unspecified atom stereocenters. The maximum atomic E-state index is 14.1. The molecule has 1 aliphatic rings. The zero-order valence-corrected chi connectivity index (χ0v) is 16.6. The molecule has 1 saturated heterocycles. The van der Waals surface area contributed by atoms with Crippen LogP contribution in [0.4, 0.5) is 21.5 Å². The molecule has 0 aliphatic carbocycles. The van der Waals surface area contributed by atoms with Gasteiger partial charge in [-0.05, 0) is 67.8 Å². The Balaban J connectivity index is 1.52. The van der Waals surface area contributed by atoms with Gasteiger partial charge in [-0.15, -0.1) is 0 Å². The van der Waals surface area contributed by atoms with E-state index in [1.54, 1.807) is 36.4 Å². The maximum absolute atomic E-state index is 14.1. The van der Waals surface area contributed by atoms with Crippen molar-refractivity contribution in [3.05, 3.63) is 77.5 Å². The molecule has 3 aromatic rings. The number of nitrogens with one attached hydrogen (secondary N) is 2. The zero-order chi connectivity index (χ0) is 21.1. The minimum Gasteiger partial charge on any atom is -0.459 e. The number of hydrogen-bond acceptors (Lipinski definition) is 4. The highest BCUT2D eigenvalue weighted by Gasteiger charge is 2.16. The average molecular weight is 407 g/mol. The fraction of sp³-hybridized carbons (Fsp3) is 0.217. The Morgan fingerprint density at radius 1 is 1.00 bits per heavy atom. The minimum absolute atomic E-state index is 0.179. The van der Waals surface area contributed by atoms with E-state index in [0.29, 0.717) is 16.9 Å². The number of halogens is 1. The largest absolute Gasteiger partial charge is 0.459 e. The topological polar surface area (TPSA) is 74.6 Å². The highest BCUT2D eigenvalue weighted by atomic mass is 19.1. The number of nitrogens with zero attached hydrogens (tertiary/aromatic N) is 1. The second-order valence-electron chi connectivity index (χ2n) is 7.31. The second-order valence-corrected chi connectivity index (χ2v) is 7.31. The molecule has 0 bridgehead atoms. The van der Waals surface area contributed by atoms with Crippen LogP contribution in [0.2, 0.25) is 0 Å². The summed E-state index contributed by atoms with van der Waals surface area (Å²) in [6, 6.07) is 12.7. The van der Waals surface area contributed by atoms with Crippen molar-refractivity contribution in [2.75, 3.05) is 28.6 Å². The van der Waals surface area contributed by atoms with E-state index in [1.807, 2.05) is 6.92 Å². The molecule has 2 N–H and O–H groups in total. The fourth-order valence-corrected chi connectivity index (χ4v) is 3.50. The molecule has 1 aliphatic heterocycles. The van der Waals surface area contributed by atoms with Gasteiger partial charge >= 0.3 is 0 Å². The molecule has 6 nitrogen and oxygen atoms in total. The number of rotatable bonds is 5. The molecule has 0 atom stereocenters. The van der Waals surface area contributed by atoms with E-state index < -0.39 is 11.7 Å². The number of amides is 2. The molecule has 0 spiro atoms. The third-order valence-electron chi connectivity index (χ3n) is 5.10. The lowest BCUT2D eigenvalue weighted by molar-refractivity contribution is 0.0993. The van der Waals surface area contributed by atoms with Crippen molar-refractivity contribution >= 4 is 28.9 Å². The van der Waals surface area contributed by atoms with Crippen molar-refractivity contribution in [1.29, 1.82) is 0 Å². The lowest BCUT2D eigenvalue weighted by Gasteiger charge is -2.19. The van der Waals surface area contributed by atoms with Gasteiger partial charge in [0.25, 0.3) is 11.8 Å². The van der Waals surface area contributed by atoms with Crippen molar-refractivity contribution < 1.29 is 18.4 Å². The van der Waals surface area contributed by atoms with Gasteiger partial charge in [-0.25, -0.2) is 4.39 Å². The van der Waals surface area contributed by atoms with E-state index in [4.69, 9.17) is 4.42 Å². The first-order chi connectivity index (χ1) is 14.5. The molecular formula is C23H22FN3O3. The number of hydrogen-bond donors (Lipinski definition) is 2. The minimum atomic E-state index is -0.402. The van der Waals surface area contributed by atoms with E-state index in [1.165, 1.54) is 18.4 Å². The van der Waals surface area contributed by atoms with E-state index in [9.17, 15) is 14.0 Å². The Labute approximate surface area is 173 Å². The van der Waals surface area contributed by atoms with Crippen LogP contribution in [0.25, 0.3) is 0 Å². The highest BCUT2D eigenvalue weighted by molar-refractivity contribution is 6.07. The van der Waals surface area contributed by atoms with Gasteiger partial charge in [0, 0.05) is 35.7 Å². The molecule has 0 saturated carbocycles. The van der Waals surface area contributed by atoms with Gasteiger partial charge in [0.2, 0.25) is 0 Å². The zero-order valence-electron chi connectivity index (χ0n) is 16.6. The van der Waals surface area contributed by atoms with E-state index in [-0.39, 0.29) is 11.7 Å². The van der Waals surface area contributed by atoms with Crippen LogP contribution in [0, 0.1) is 12.7 Å². The Morgan fingerprint density at radius 2 is 1.80 bits per heavy atom. The van der Waals surface area contributed by atoms with Crippen molar-refractivity contribution in [3.8, 4) is 0 Å². The first-order valence-electron chi connectivity index (χ1n) is 9.82. The van der Waals surface area contributed by atoms with Crippen LogP contribution in [-0.2, 0) is 0 Å². The van der Waals surface area contributed by atoms with Crippen LogP contribution in [0.5, 0.6) is 0 Å². The van der Waals surface area contributed by atoms with Crippen LogP contribution in [0.1, 0.15) is 39.3 Å². The Hall–Kier alpha value is -3.61. The predicted octanol–water partition coefficient (Wildman–Crippen LogP) is 4.83. The normalized spacial score (nSPS) is 13.3. The molecule has 2 aromatic carbocycles. The molecule has 1 fully saturated rings. The van der Waals surface area contributed by atoms with Crippen LogP contribution >= 0.6 is 0 Å². The number of anilines is 3. The van der Waals surface area contributed by atoms with Gasteiger partial charge in [-0.2, -0.15) is 0 Å². The number of furan rings is 1. The summed E-state index contributed by atoms with van der Waals surface area (Å²) in [6.45, 7) is 3.59. The van der Waals surface area contributed by atoms with Crippen LogP contribution in [0.15, 0.2) is 59.2 Å². The standard InChI is InChI=1S/C23H22FN3O3/c1-15-6-7-16(11-20(15)26-23(29)21-5-4-10-30-21)22(28)25-18-12-17(24)13-19(14-18)27-8-2-3-9-27/h4-7,10-14H,2-3,8-9H2,1H3,(H,25,28)(H,26,29). The second kappa shape index (κ2) is 8.41. The van der Waals surface area contributed by atoms with Gasteiger partial charge in [0.05, 0.1) is 6.26 Å². The van der Waals surface area contributed by atoms with E-state index in [2.05, 4.69) is 15.5 Å². The summed E-state index contributed by atoms with van der Waals surface area (Å²) in [5, 5.41) is 5.50. The molecule has 4 rings (SSSR count). The lowest BCUT2D eigenvalue weighted by Crippen LogP contribution is -2.19. The maximum Gasteiger partial charge on any atom is 0.291 e. The van der Waals surface area contributed by atoms with E-state index in [0.717, 1.165) is 37.2 Å². The Morgan fingerprint density at radius 3 is 2.53 bits per heavy atom. The molecule has 7 heteroatoms. The van der Waals surface area contributed by atoms with Crippen molar-refractivity contribution in [1.82, 2.24) is 0 Å². The Kier molecular flexibility index (Phi) is 5.52. The molecular weight excluding hydrogens is 385 g/mol. The van der Waals surface area contributed by atoms with E-state index >= 15 is 0 Å².